The van der Waals surface area contributed by atoms with Gasteiger partial charge in [-0.3, -0.25) is 4.98 Å². The Hall–Kier alpha value is -1.41. The maximum absolute atomic E-state index is 6.24. The first kappa shape index (κ1) is 8.86. The predicted molar refractivity (Wildman–Crippen MR) is 61.4 cm³/mol. The van der Waals surface area contributed by atoms with Crippen LogP contribution in [0, 0.1) is 5.92 Å². The summed E-state index contributed by atoms with van der Waals surface area (Å²) in [4.78, 5) is 4.63. The van der Waals surface area contributed by atoms with Gasteiger partial charge in [0.1, 0.15) is 0 Å². The van der Waals surface area contributed by atoms with Gasteiger partial charge in [0.05, 0.1) is 16.7 Å². The Morgan fingerprint density at radius 2 is 2.00 bits per heavy atom. The quantitative estimate of drug-likeness (QED) is 0.764. The number of aromatic nitrogens is 1. The lowest BCUT2D eigenvalue weighted by molar-refractivity contribution is 0.644. The molecule has 1 heterocycles. The van der Waals surface area contributed by atoms with E-state index in [1.165, 1.54) is 5.39 Å². The molecule has 1 saturated carbocycles. The van der Waals surface area contributed by atoms with Crippen molar-refractivity contribution in [3.8, 4) is 0 Å². The molecule has 2 unspecified atom stereocenters. The zero-order valence-electron chi connectivity index (χ0n) is 8.77. The second-order valence-corrected chi connectivity index (χ2v) is 4.53. The highest BCUT2D eigenvalue weighted by atomic mass is 14.9. The summed E-state index contributed by atoms with van der Waals surface area (Å²) in [5.74, 6) is 0.561. The highest BCUT2D eigenvalue weighted by Gasteiger charge is 2.50. The van der Waals surface area contributed by atoms with E-state index in [1.807, 2.05) is 18.2 Å². The van der Waals surface area contributed by atoms with Gasteiger partial charge in [0, 0.05) is 5.39 Å². The van der Waals surface area contributed by atoms with Gasteiger partial charge in [-0.1, -0.05) is 31.2 Å². The van der Waals surface area contributed by atoms with Crippen molar-refractivity contribution in [3.05, 3.63) is 42.1 Å². The maximum atomic E-state index is 6.24. The van der Waals surface area contributed by atoms with Crippen molar-refractivity contribution in [1.82, 2.24) is 4.98 Å². The Bertz CT molecular complexity index is 521. The van der Waals surface area contributed by atoms with Crippen LogP contribution in [0.2, 0.25) is 0 Å². The monoisotopic (exact) mass is 198 g/mol. The number of pyridine rings is 1. The van der Waals surface area contributed by atoms with Crippen molar-refractivity contribution >= 4 is 10.9 Å². The summed E-state index contributed by atoms with van der Waals surface area (Å²) in [5, 5.41) is 1.18. The number of benzene rings is 1. The van der Waals surface area contributed by atoms with Crippen molar-refractivity contribution in [2.45, 2.75) is 18.9 Å². The lowest BCUT2D eigenvalue weighted by Crippen LogP contribution is -2.22. The zero-order chi connectivity index (χ0) is 10.5. The van der Waals surface area contributed by atoms with Crippen LogP contribution in [0.15, 0.2) is 36.4 Å². The Labute approximate surface area is 89.1 Å². The summed E-state index contributed by atoms with van der Waals surface area (Å²) >= 11 is 0. The summed E-state index contributed by atoms with van der Waals surface area (Å²) in [6, 6.07) is 12.3. The number of fused-ring (bicyclic) bond motifs is 1. The molecule has 0 bridgehead atoms. The van der Waals surface area contributed by atoms with E-state index in [-0.39, 0.29) is 5.54 Å². The fourth-order valence-corrected chi connectivity index (χ4v) is 2.13. The Morgan fingerprint density at radius 3 is 2.73 bits per heavy atom. The molecule has 3 rings (SSSR count). The third-order valence-electron chi connectivity index (χ3n) is 3.44. The molecule has 2 aromatic rings. The first-order chi connectivity index (χ1) is 7.20. The molecule has 1 aliphatic rings. The average molecular weight is 198 g/mol. The van der Waals surface area contributed by atoms with E-state index in [9.17, 15) is 0 Å². The molecule has 0 radical (unpaired) electrons. The van der Waals surface area contributed by atoms with Gasteiger partial charge >= 0.3 is 0 Å². The standard InChI is InChI=1S/C13H14N2/c1-9-8-13(9,14)12-7-6-10-4-2-3-5-11(10)15-12/h2-7,9H,8,14H2,1H3. The normalized spacial score (nSPS) is 29.3. The summed E-state index contributed by atoms with van der Waals surface area (Å²) < 4.78 is 0. The van der Waals surface area contributed by atoms with E-state index in [0.29, 0.717) is 5.92 Å². The van der Waals surface area contributed by atoms with Crippen molar-refractivity contribution in [1.29, 1.82) is 0 Å². The fourth-order valence-electron chi connectivity index (χ4n) is 2.13. The summed E-state index contributed by atoms with van der Waals surface area (Å²) in [5.41, 5.74) is 8.15. The molecular weight excluding hydrogens is 184 g/mol. The van der Waals surface area contributed by atoms with Gasteiger partial charge in [0.2, 0.25) is 0 Å². The molecule has 1 aromatic heterocycles. The molecule has 15 heavy (non-hydrogen) atoms. The van der Waals surface area contributed by atoms with Crippen molar-refractivity contribution < 1.29 is 0 Å². The van der Waals surface area contributed by atoms with Crippen LogP contribution in [0.3, 0.4) is 0 Å². The van der Waals surface area contributed by atoms with Gasteiger partial charge < -0.3 is 5.73 Å². The maximum Gasteiger partial charge on any atom is 0.0706 e. The number of para-hydroxylation sites is 1. The first-order valence-electron chi connectivity index (χ1n) is 5.35. The molecule has 1 fully saturated rings. The largest absolute Gasteiger partial charge is 0.320 e. The van der Waals surface area contributed by atoms with Gasteiger partial charge in [-0.15, -0.1) is 0 Å². The summed E-state index contributed by atoms with van der Waals surface area (Å²) in [7, 11) is 0. The van der Waals surface area contributed by atoms with Crippen LogP contribution in [-0.4, -0.2) is 4.98 Å². The Morgan fingerprint density at radius 1 is 1.27 bits per heavy atom. The molecule has 76 valence electrons. The number of rotatable bonds is 1. The summed E-state index contributed by atoms with van der Waals surface area (Å²) in [6.45, 7) is 2.18. The third-order valence-corrected chi connectivity index (χ3v) is 3.44. The topological polar surface area (TPSA) is 38.9 Å². The highest BCUT2D eigenvalue weighted by Crippen LogP contribution is 2.48. The van der Waals surface area contributed by atoms with E-state index in [4.69, 9.17) is 5.73 Å². The first-order valence-corrected chi connectivity index (χ1v) is 5.35. The molecule has 0 saturated heterocycles. The van der Waals surface area contributed by atoms with Crippen molar-refractivity contribution in [3.63, 3.8) is 0 Å². The van der Waals surface area contributed by atoms with Crippen LogP contribution < -0.4 is 5.73 Å². The van der Waals surface area contributed by atoms with Crippen LogP contribution in [0.4, 0.5) is 0 Å². The van der Waals surface area contributed by atoms with Gasteiger partial charge in [0.25, 0.3) is 0 Å². The van der Waals surface area contributed by atoms with E-state index >= 15 is 0 Å². The van der Waals surface area contributed by atoms with Crippen molar-refractivity contribution in [2.75, 3.05) is 0 Å². The number of hydrogen-bond donors (Lipinski definition) is 1. The summed E-state index contributed by atoms with van der Waals surface area (Å²) in [6.07, 6.45) is 1.05. The molecule has 2 N–H and O–H groups in total. The predicted octanol–water partition coefficient (Wildman–Crippen LogP) is 2.43. The number of nitrogens with zero attached hydrogens (tertiary/aromatic N) is 1. The van der Waals surface area contributed by atoms with Crippen molar-refractivity contribution in [2.24, 2.45) is 11.7 Å². The molecular formula is C13H14N2. The fraction of sp³-hybridized carbons (Fsp3) is 0.308. The van der Waals surface area contributed by atoms with Crippen LogP contribution in [0.1, 0.15) is 19.0 Å². The van der Waals surface area contributed by atoms with Gasteiger partial charge in [-0.2, -0.15) is 0 Å². The van der Waals surface area contributed by atoms with Crippen LogP contribution in [0.5, 0.6) is 0 Å². The highest BCUT2D eigenvalue weighted by molar-refractivity contribution is 5.78. The molecule has 1 aromatic carbocycles. The van der Waals surface area contributed by atoms with Crippen LogP contribution in [0.25, 0.3) is 10.9 Å². The number of hydrogen-bond acceptors (Lipinski definition) is 2. The molecule has 0 amide bonds. The Balaban J connectivity index is 2.15. The van der Waals surface area contributed by atoms with Gasteiger partial charge in [-0.25, -0.2) is 0 Å². The molecule has 0 spiro atoms. The SMILES string of the molecule is CC1CC1(N)c1ccc2ccccc2n1. The minimum Gasteiger partial charge on any atom is -0.320 e. The molecule has 2 atom stereocenters. The molecule has 2 heteroatoms. The minimum absolute atomic E-state index is 0.163. The van der Waals surface area contributed by atoms with Gasteiger partial charge in [-0.05, 0) is 24.5 Å². The third kappa shape index (κ3) is 1.25. The minimum atomic E-state index is -0.163. The molecule has 1 aliphatic carbocycles. The second-order valence-electron chi connectivity index (χ2n) is 4.53. The van der Waals surface area contributed by atoms with Crippen LogP contribution in [-0.2, 0) is 5.54 Å². The number of nitrogens with two attached hydrogens (primary N) is 1. The lowest BCUT2D eigenvalue weighted by Gasteiger charge is -2.10. The van der Waals surface area contributed by atoms with Gasteiger partial charge in [0.15, 0.2) is 0 Å². The van der Waals surface area contributed by atoms with E-state index < -0.39 is 0 Å². The second kappa shape index (κ2) is 2.80. The zero-order valence-corrected chi connectivity index (χ0v) is 8.77. The molecule has 2 nitrogen and oxygen atoms in total. The van der Waals surface area contributed by atoms with E-state index in [1.54, 1.807) is 0 Å². The van der Waals surface area contributed by atoms with E-state index in [0.717, 1.165) is 17.6 Å². The Kier molecular flexibility index (Phi) is 1.65. The average Bonchev–Trinajstić information content (AvgIpc) is 2.88. The smallest absolute Gasteiger partial charge is 0.0706 e. The van der Waals surface area contributed by atoms with Crippen LogP contribution >= 0.6 is 0 Å². The molecule has 0 aliphatic heterocycles. The van der Waals surface area contributed by atoms with E-state index in [2.05, 4.69) is 30.1 Å². The lowest BCUT2D eigenvalue weighted by atomic mass is 10.1.